The SMILES string of the molecule is Cc1ccc(N(c2ccc(-c3ccccc3)cc2)c2ccc(C3C=CC=CC3C)cc2)cc1. The third kappa shape index (κ3) is 4.54. The lowest BCUT2D eigenvalue weighted by Gasteiger charge is -2.27. The first-order chi connectivity index (χ1) is 16.2. The molecule has 4 aromatic carbocycles. The highest BCUT2D eigenvalue weighted by Crippen LogP contribution is 2.37. The summed E-state index contributed by atoms with van der Waals surface area (Å²) in [7, 11) is 0. The van der Waals surface area contributed by atoms with Crippen LogP contribution in [0.15, 0.2) is 127 Å². The number of anilines is 3. The molecule has 162 valence electrons. The van der Waals surface area contributed by atoms with Gasteiger partial charge in [0.2, 0.25) is 0 Å². The van der Waals surface area contributed by atoms with Crippen LogP contribution in [0.5, 0.6) is 0 Å². The summed E-state index contributed by atoms with van der Waals surface area (Å²) >= 11 is 0. The molecule has 0 spiro atoms. The topological polar surface area (TPSA) is 3.24 Å². The van der Waals surface area contributed by atoms with Gasteiger partial charge in [-0.15, -0.1) is 0 Å². The first kappa shape index (κ1) is 21.0. The second-order valence-electron chi connectivity index (χ2n) is 8.83. The van der Waals surface area contributed by atoms with Crippen molar-refractivity contribution in [2.75, 3.05) is 4.90 Å². The van der Waals surface area contributed by atoms with Crippen molar-refractivity contribution in [1.82, 2.24) is 0 Å². The van der Waals surface area contributed by atoms with Crippen LogP contribution in [-0.2, 0) is 0 Å². The van der Waals surface area contributed by atoms with Gasteiger partial charge in [0.1, 0.15) is 0 Å². The van der Waals surface area contributed by atoms with Crippen LogP contribution in [0.4, 0.5) is 17.1 Å². The smallest absolute Gasteiger partial charge is 0.0462 e. The fraction of sp³-hybridized carbons (Fsp3) is 0.125. The molecule has 2 unspecified atom stereocenters. The van der Waals surface area contributed by atoms with Crippen LogP contribution in [-0.4, -0.2) is 0 Å². The lowest BCUT2D eigenvalue weighted by atomic mass is 9.84. The zero-order chi connectivity index (χ0) is 22.6. The zero-order valence-corrected chi connectivity index (χ0v) is 19.2. The van der Waals surface area contributed by atoms with Crippen LogP contribution >= 0.6 is 0 Å². The average molecular weight is 428 g/mol. The number of benzene rings is 4. The van der Waals surface area contributed by atoms with Gasteiger partial charge in [-0.3, -0.25) is 0 Å². The van der Waals surface area contributed by atoms with E-state index in [1.807, 2.05) is 0 Å². The highest BCUT2D eigenvalue weighted by Gasteiger charge is 2.18. The summed E-state index contributed by atoms with van der Waals surface area (Å²) in [4.78, 5) is 2.33. The Kier molecular flexibility index (Phi) is 5.95. The maximum atomic E-state index is 2.33. The first-order valence-electron chi connectivity index (χ1n) is 11.7. The molecular weight excluding hydrogens is 398 g/mol. The molecule has 1 heteroatoms. The predicted octanol–water partition coefficient (Wildman–Crippen LogP) is 8.98. The number of aryl methyl sites for hydroxylation is 1. The maximum absolute atomic E-state index is 2.33. The lowest BCUT2D eigenvalue weighted by Crippen LogP contribution is -2.11. The van der Waals surface area contributed by atoms with Crippen molar-refractivity contribution in [2.24, 2.45) is 5.92 Å². The number of nitrogens with zero attached hydrogens (tertiary/aromatic N) is 1. The molecule has 0 saturated carbocycles. The highest BCUT2D eigenvalue weighted by atomic mass is 15.1. The number of hydrogen-bond acceptors (Lipinski definition) is 1. The van der Waals surface area contributed by atoms with E-state index in [0.717, 1.165) is 17.1 Å². The van der Waals surface area contributed by atoms with Gasteiger partial charge < -0.3 is 4.90 Å². The fourth-order valence-corrected chi connectivity index (χ4v) is 4.55. The van der Waals surface area contributed by atoms with Crippen molar-refractivity contribution >= 4 is 17.1 Å². The van der Waals surface area contributed by atoms with Gasteiger partial charge in [-0.05, 0) is 65.9 Å². The van der Waals surface area contributed by atoms with Crippen LogP contribution in [0.25, 0.3) is 11.1 Å². The van der Waals surface area contributed by atoms with Crippen molar-refractivity contribution in [2.45, 2.75) is 19.8 Å². The van der Waals surface area contributed by atoms with Gasteiger partial charge in [0.05, 0.1) is 0 Å². The summed E-state index contributed by atoms with van der Waals surface area (Å²) in [5.74, 6) is 0.946. The second kappa shape index (κ2) is 9.34. The number of hydrogen-bond donors (Lipinski definition) is 0. The van der Waals surface area contributed by atoms with E-state index in [9.17, 15) is 0 Å². The summed E-state index contributed by atoms with van der Waals surface area (Å²) in [5, 5.41) is 0. The Balaban J connectivity index is 1.51. The van der Waals surface area contributed by atoms with E-state index in [4.69, 9.17) is 0 Å². The van der Waals surface area contributed by atoms with Gasteiger partial charge in [0.15, 0.2) is 0 Å². The Labute approximate surface area is 197 Å². The normalized spacial score (nSPS) is 17.2. The third-order valence-corrected chi connectivity index (χ3v) is 6.47. The van der Waals surface area contributed by atoms with Crippen LogP contribution < -0.4 is 4.90 Å². The minimum absolute atomic E-state index is 0.432. The van der Waals surface area contributed by atoms with E-state index in [1.54, 1.807) is 0 Å². The molecule has 0 N–H and O–H groups in total. The van der Waals surface area contributed by atoms with Crippen LogP contribution in [0.3, 0.4) is 0 Å². The molecule has 0 fully saturated rings. The predicted molar refractivity (Wildman–Crippen MR) is 141 cm³/mol. The van der Waals surface area contributed by atoms with Crippen LogP contribution in [0.1, 0.15) is 24.0 Å². The van der Waals surface area contributed by atoms with E-state index >= 15 is 0 Å². The van der Waals surface area contributed by atoms with Crippen LogP contribution in [0, 0.1) is 12.8 Å². The summed E-state index contributed by atoms with van der Waals surface area (Å²) in [6, 6.07) is 37.2. The summed E-state index contributed by atoms with van der Waals surface area (Å²) in [6.45, 7) is 4.41. The van der Waals surface area contributed by atoms with Crippen molar-refractivity contribution < 1.29 is 0 Å². The second-order valence-corrected chi connectivity index (χ2v) is 8.83. The molecule has 0 radical (unpaired) electrons. The Morgan fingerprint density at radius 1 is 0.545 bits per heavy atom. The van der Waals surface area contributed by atoms with Crippen molar-refractivity contribution in [3.8, 4) is 11.1 Å². The number of allylic oxidation sites excluding steroid dienone is 4. The monoisotopic (exact) mass is 427 g/mol. The molecule has 0 aromatic heterocycles. The third-order valence-electron chi connectivity index (χ3n) is 6.47. The van der Waals surface area contributed by atoms with Gasteiger partial charge in [0, 0.05) is 23.0 Å². The number of rotatable bonds is 5. The standard InChI is InChI=1S/C32H29N/c1-24-12-18-29(19-13-24)33(30-20-14-27(15-21-30)26-9-4-3-5-10-26)31-22-16-28(17-23-31)32-11-7-6-8-25(32)2/h3-23,25,32H,1-2H3. The summed E-state index contributed by atoms with van der Waals surface area (Å²) in [5.41, 5.74) is 8.56. The van der Waals surface area contributed by atoms with E-state index in [2.05, 4.69) is 146 Å². The molecule has 1 aliphatic rings. The molecule has 0 bridgehead atoms. The molecular formula is C32H29N. The summed E-state index contributed by atoms with van der Waals surface area (Å²) < 4.78 is 0. The van der Waals surface area contributed by atoms with E-state index in [0.29, 0.717) is 11.8 Å². The molecule has 1 aliphatic carbocycles. The molecule has 5 rings (SSSR count). The molecule has 33 heavy (non-hydrogen) atoms. The Hall–Kier alpha value is -3.84. The molecule has 1 nitrogen and oxygen atoms in total. The molecule has 0 heterocycles. The molecule has 0 amide bonds. The minimum Gasteiger partial charge on any atom is -0.311 e. The summed E-state index contributed by atoms with van der Waals surface area (Å²) in [6.07, 6.45) is 8.89. The lowest BCUT2D eigenvalue weighted by molar-refractivity contribution is 0.635. The van der Waals surface area contributed by atoms with Gasteiger partial charge in [0.25, 0.3) is 0 Å². The molecule has 0 aliphatic heterocycles. The van der Waals surface area contributed by atoms with Crippen molar-refractivity contribution in [1.29, 1.82) is 0 Å². The Bertz CT molecular complexity index is 1250. The Morgan fingerprint density at radius 2 is 1.06 bits per heavy atom. The maximum Gasteiger partial charge on any atom is 0.0462 e. The fourth-order valence-electron chi connectivity index (χ4n) is 4.55. The first-order valence-corrected chi connectivity index (χ1v) is 11.7. The van der Waals surface area contributed by atoms with E-state index in [-0.39, 0.29) is 0 Å². The van der Waals surface area contributed by atoms with Crippen LogP contribution in [0.2, 0.25) is 0 Å². The largest absolute Gasteiger partial charge is 0.311 e. The van der Waals surface area contributed by atoms with Gasteiger partial charge in [-0.25, -0.2) is 0 Å². The van der Waals surface area contributed by atoms with Gasteiger partial charge >= 0.3 is 0 Å². The van der Waals surface area contributed by atoms with Crippen molar-refractivity contribution in [3.63, 3.8) is 0 Å². The Morgan fingerprint density at radius 3 is 1.67 bits per heavy atom. The molecule has 2 atom stereocenters. The molecule has 4 aromatic rings. The zero-order valence-electron chi connectivity index (χ0n) is 19.2. The van der Waals surface area contributed by atoms with E-state index < -0.39 is 0 Å². The quantitative estimate of drug-likeness (QED) is 0.307. The van der Waals surface area contributed by atoms with Gasteiger partial charge in [-0.2, -0.15) is 0 Å². The van der Waals surface area contributed by atoms with E-state index in [1.165, 1.54) is 22.3 Å². The van der Waals surface area contributed by atoms with Gasteiger partial charge in [-0.1, -0.05) is 104 Å². The minimum atomic E-state index is 0.432. The van der Waals surface area contributed by atoms with Crippen molar-refractivity contribution in [3.05, 3.63) is 139 Å². The molecule has 0 saturated heterocycles. The highest BCUT2D eigenvalue weighted by molar-refractivity contribution is 5.78. The average Bonchev–Trinajstić information content (AvgIpc) is 2.87.